The lowest BCUT2D eigenvalue weighted by Crippen LogP contribution is -2.37. The standard InChI is InChI=1S/C28H29N3O3S/c1-5-19(4)20-9-10-25-24(15-20)30-27(34-25)21-7-6-8-22(14-21)29-28(35)31-26(32)16-33-23-12-17(2)11-18(3)13-23/h6-15,19H,5,16H2,1-4H3,(H2,29,31,32,35). The lowest BCUT2D eigenvalue weighted by Gasteiger charge is -2.11. The van der Waals surface area contributed by atoms with Crippen molar-refractivity contribution in [3.63, 3.8) is 0 Å². The summed E-state index contributed by atoms with van der Waals surface area (Å²) in [6.45, 7) is 8.21. The summed E-state index contributed by atoms with van der Waals surface area (Å²) in [5, 5.41) is 5.87. The molecule has 0 aliphatic rings. The Labute approximate surface area is 210 Å². The number of aryl methyl sites for hydroxylation is 2. The summed E-state index contributed by atoms with van der Waals surface area (Å²) in [6, 6.07) is 19.5. The molecule has 2 N–H and O–H groups in total. The van der Waals surface area contributed by atoms with Crippen molar-refractivity contribution in [3.8, 4) is 17.2 Å². The quantitative estimate of drug-likeness (QED) is 0.289. The van der Waals surface area contributed by atoms with E-state index in [2.05, 4.69) is 41.6 Å². The molecule has 7 heteroatoms. The molecule has 35 heavy (non-hydrogen) atoms. The zero-order valence-electron chi connectivity index (χ0n) is 20.3. The first-order chi connectivity index (χ1) is 16.8. The van der Waals surface area contributed by atoms with Gasteiger partial charge in [-0.3, -0.25) is 10.1 Å². The van der Waals surface area contributed by atoms with Crippen LogP contribution in [-0.4, -0.2) is 22.6 Å². The topological polar surface area (TPSA) is 76.4 Å². The Kier molecular flexibility index (Phi) is 7.46. The number of oxazole rings is 1. The van der Waals surface area contributed by atoms with Crippen molar-refractivity contribution in [1.82, 2.24) is 10.3 Å². The van der Waals surface area contributed by atoms with E-state index >= 15 is 0 Å². The predicted octanol–water partition coefficient (Wildman–Crippen LogP) is 6.52. The molecule has 0 aliphatic heterocycles. The van der Waals surface area contributed by atoms with Crippen molar-refractivity contribution < 1.29 is 13.9 Å². The van der Waals surface area contributed by atoms with E-state index in [0.29, 0.717) is 23.2 Å². The monoisotopic (exact) mass is 487 g/mol. The number of amides is 1. The van der Waals surface area contributed by atoms with Gasteiger partial charge in [0.25, 0.3) is 5.91 Å². The summed E-state index contributed by atoms with van der Waals surface area (Å²) in [5.74, 6) is 1.31. The molecule has 1 unspecified atom stereocenters. The second-order valence-electron chi connectivity index (χ2n) is 8.75. The van der Waals surface area contributed by atoms with E-state index in [1.54, 1.807) is 0 Å². The molecule has 0 bridgehead atoms. The number of carbonyl (C=O) groups excluding carboxylic acids is 1. The normalized spacial score (nSPS) is 11.8. The Bertz CT molecular complexity index is 1360. The van der Waals surface area contributed by atoms with Crippen LogP contribution >= 0.6 is 12.2 Å². The number of nitrogens with zero attached hydrogens (tertiary/aromatic N) is 1. The van der Waals surface area contributed by atoms with E-state index in [1.807, 2.05) is 62.4 Å². The maximum Gasteiger partial charge on any atom is 0.264 e. The van der Waals surface area contributed by atoms with Crippen LogP contribution in [0.15, 0.2) is 65.1 Å². The van der Waals surface area contributed by atoms with Crippen LogP contribution in [0, 0.1) is 13.8 Å². The number of hydrogen-bond donors (Lipinski definition) is 2. The van der Waals surface area contributed by atoms with Crippen LogP contribution in [-0.2, 0) is 4.79 Å². The minimum Gasteiger partial charge on any atom is -0.484 e. The van der Waals surface area contributed by atoms with Crippen LogP contribution in [0.2, 0.25) is 0 Å². The van der Waals surface area contributed by atoms with Gasteiger partial charge >= 0.3 is 0 Å². The van der Waals surface area contributed by atoms with E-state index in [4.69, 9.17) is 21.4 Å². The van der Waals surface area contributed by atoms with Crippen LogP contribution in [0.3, 0.4) is 0 Å². The number of rotatable bonds is 7. The molecule has 6 nitrogen and oxygen atoms in total. The summed E-state index contributed by atoms with van der Waals surface area (Å²) < 4.78 is 11.6. The van der Waals surface area contributed by atoms with Crippen LogP contribution < -0.4 is 15.4 Å². The van der Waals surface area contributed by atoms with Crippen LogP contribution in [0.1, 0.15) is 42.9 Å². The number of anilines is 1. The average molecular weight is 488 g/mol. The van der Waals surface area contributed by atoms with Gasteiger partial charge in [0.15, 0.2) is 17.3 Å². The summed E-state index contributed by atoms with van der Waals surface area (Å²) in [7, 11) is 0. The number of benzene rings is 3. The van der Waals surface area contributed by atoms with Crippen molar-refractivity contribution in [1.29, 1.82) is 0 Å². The molecular weight excluding hydrogens is 458 g/mol. The first-order valence-corrected chi connectivity index (χ1v) is 12.0. The summed E-state index contributed by atoms with van der Waals surface area (Å²) >= 11 is 5.31. The molecule has 0 saturated heterocycles. The molecule has 3 aromatic carbocycles. The molecule has 0 radical (unpaired) electrons. The minimum absolute atomic E-state index is 0.133. The average Bonchev–Trinajstić information content (AvgIpc) is 3.25. The summed E-state index contributed by atoms with van der Waals surface area (Å²) in [4.78, 5) is 17.0. The highest BCUT2D eigenvalue weighted by Gasteiger charge is 2.12. The molecule has 1 amide bonds. The van der Waals surface area contributed by atoms with Gasteiger partial charge in [-0.15, -0.1) is 0 Å². The first-order valence-electron chi connectivity index (χ1n) is 11.6. The number of fused-ring (bicyclic) bond motifs is 1. The fraction of sp³-hybridized carbons (Fsp3) is 0.250. The van der Waals surface area contributed by atoms with Crippen molar-refractivity contribution in [2.45, 2.75) is 40.0 Å². The molecule has 0 aliphatic carbocycles. The Morgan fingerprint density at radius 2 is 1.86 bits per heavy atom. The predicted molar refractivity (Wildman–Crippen MR) is 144 cm³/mol. The molecule has 4 rings (SSSR count). The zero-order chi connectivity index (χ0) is 24.9. The maximum atomic E-state index is 12.3. The van der Waals surface area contributed by atoms with Gasteiger partial charge in [0.1, 0.15) is 11.3 Å². The Hall–Kier alpha value is -3.71. The minimum atomic E-state index is -0.339. The van der Waals surface area contributed by atoms with Crippen molar-refractivity contribution in [2.75, 3.05) is 11.9 Å². The fourth-order valence-corrected chi connectivity index (χ4v) is 4.06. The van der Waals surface area contributed by atoms with Gasteiger partial charge in [-0.2, -0.15) is 0 Å². The number of hydrogen-bond acceptors (Lipinski definition) is 5. The Morgan fingerprint density at radius 1 is 1.09 bits per heavy atom. The smallest absolute Gasteiger partial charge is 0.264 e. The second-order valence-corrected chi connectivity index (χ2v) is 9.16. The largest absolute Gasteiger partial charge is 0.484 e. The van der Waals surface area contributed by atoms with E-state index < -0.39 is 0 Å². The van der Waals surface area contributed by atoms with Crippen molar-refractivity contribution in [2.24, 2.45) is 0 Å². The SMILES string of the molecule is CCC(C)c1ccc2oc(-c3cccc(NC(=S)NC(=O)COc4cc(C)cc(C)c4)c3)nc2c1. The van der Waals surface area contributed by atoms with Gasteiger partial charge < -0.3 is 14.5 Å². The lowest BCUT2D eigenvalue weighted by atomic mass is 9.98. The second kappa shape index (κ2) is 10.7. The molecule has 1 atom stereocenters. The number of nitrogens with one attached hydrogen (secondary N) is 2. The highest BCUT2D eigenvalue weighted by atomic mass is 32.1. The molecular formula is C28H29N3O3S. The summed E-state index contributed by atoms with van der Waals surface area (Å²) in [6.07, 6.45) is 1.07. The van der Waals surface area contributed by atoms with Crippen molar-refractivity contribution in [3.05, 3.63) is 77.4 Å². The van der Waals surface area contributed by atoms with E-state index in [9.17, 15) is 4.79 Å². The molecule has 1 heterocycles. The highest BCUT2D eigenvalue weighted by molar-refractivity contribution is 7.80. The van der Waals surface area contributed by atoms with Crippen LogP contribution in [0.5, 0.6) is 5.75 Å². The third kappa shape index (κ3) is 6.25. The number of aromatic nitrogens is 1. The maximum absolute atomic E-state index is 12.3. The molecule has 1 aromatic heterocycles. The van der Waals surface area contributed by atoms with Gasteiger partial charge in [-0.05, 0) is 97.6 Å². The van der Waals surface area contributed by atoms with Gasteiger partial charge in [0, 0.05) is 11.3 Å². The molecule has 0 saturated carbocycles. The van der Waals surface area contributed by atoms with Crippen LogP contribution in [0.4, 0.5) is 5.69 Å². The fourth-order valence-electron chi connectivity index (χ4n) is 3.83. The zero-order valence-corrected chi connectivity index (χ0v) is 21.2. The van der Waals surface area contributed by atoms with Gasteiger partial charge in [0.05, 0.1) is 0 Å². The third-order valence-electron chi connectivity index (χ3n) is 5.78. The van der Waals surface area contributed by atoms with E-state index in [-0.39, 0.29) is 17.6 Å². The number of carbonyl (C=O) groups is 1. The molecule has 180 valence electrons. The first kappa shape index (κ1) is 24.4. The summed E-state index contributed by atoms with van der Waals surface area (Å²) in [5.41, 5.74) is 6.51. The third-order valence-corrected chi connectivity index (χ3v) is 5.98. The van der Waals surface area contributed by atoms with Crippen LogP contribution in [0.25, 0.3) is 22.6 Å². The van der Waals surface area contributed by atoms with Gasteiger partial charge in [0.2, 0.25) is 5.89 Å². The Morgan fingerprint density at radius 3 is 2.60 bits per heavy atom. The Balaban J connectivity index is 1.38. The number of ether oxygens (including phenoxy) is 1. The lowest BCUT2D eigenvalue weighted by molar-refractivity contribution is -0.121. The molecule has 0 fully saturated rings. The van der Waals surface area contributed by atoms with Crippen molar-refractivity contribution >= 4 is 40.0 Å². The molecule has 4 aromatic rings. The highest BCUT2D eigenvalue weighted by Crippen LogP contribution is 2.29. The van der Waals surface area contributed by atoms with Gasteiger partial charge in [-0.25, -0.2) is 4.98 Å². The van der Waals surface area contributed by atoms with Gasteiger partial charge in [-0.1, -0.05) is 32.0 Å². The number of thiocarbonyl (C=S) groups is 1. The van der Waals surface area contributed by atoms with E-state index in [1.165, 1.54) is 5.56 Å². The molecule has 0 spiro atoms. The van der Waals surface area contributed by atoms with E-state index in [0.717, 1.165) is 34.2 Å².